The van der Waals surface area contributed by atoms with E-state index in [1.165, 1.54) is 24.3 Å². The molecular weight excluding hydrogens is 454 g/mol. The number of phenolic OH excluding ortho intramolecular Hbond substituents is 1. The van der Waals surface area contributed by atoms with E-state index in [-0.39, 0.29) is 40.4 Å². The van der Waals surface area contributed by atoms with Gasteiger partial charge in [-0.15, -0.1) is 0 Å². The Morgan fingerprint density at radius 3 is 2.18 bits per heavy atom. The van der Waals surface area contributed by atoms with Crippen molar-refractivity contribution in [2.75, 3.05) is 17.6 Å². The van der Waals surface area contributed by atoms with E-state index in [9.17, 15) is 31.9 Å². The number of anilines is 1. The van der Waals surface area contributed by atoms with Gasteiger partial charge in [0.1, 0.15) is 17.4 Å². The van der Waals surface area contributed by atoms with Gasteiger partial charge in [0.15, 0.2) is 9.84 Å². The molecule has 0 aromatic heterocycles. The molecule has 3 rings (SSSR count). The van der Waals surface area contributed by atoms with Gasteiger partial charge in [0, 0.05) is 29.9 Å². The van der Waals surface area contributed by atoms with Crippen LogP contribution in [-0.2, 0) is 9.84 Å². The number of phenols is 1. The van der Waals surface area contributed by atoms with Gasteiger partial charge in [0.25, 0.3) is 11.8 Å². The first-order valence-electron chi connectivity index (χ1n) is 9.82. The van der Waals surface area contributed by atoms with Crippen molar-refractivity contribution < 1.29 is 31.9 Å². The van der Waals surface area contributed by atoms with Crippen molar-refractivity contribution in [2.45, 2.75) is 11.3 Å². The molecule has 0 aliphatic carbocycles. The quantitative estimate of drug-likeness (QED) is 0.433. The van der Waals surface area contributed by atoms with E-state index in [0.29, 0.717) is 6.07 Å². The zero-order valence-corrected chi connectivity index (χ0v) is 18.0. The van der Waals surface area contributed by atoms with Crippen molar-refractivity contribution in [3.63, 3.8) is 0 Å². The van der Waals surface area contributed by atoms with Gasteiger partial charge < -0.3 is 15.7 Å². The number of aromatic hydroxyl groups is 1. The number of hydrogen-bond donors (Lipinski definition) is 3. The van der Waals surface area contributed by atoms with Crippen molar-refractivity contribution in [3.8, 4) is 5.75 Å². The third kappa shape index (κ3) is 6.36. The third-order valence-corrected chi connectivity index (χ3v) is 6.42. The highest BCUT2D eigenvalue weighted by atomic mass is 32.2. The lowest BCUT2D eigenvalue weighted by atomic mass is 10.1. The van der Waals surface area contributed by atoms with Gasteiger partial charge in [0.05, 0.1) is 16.2 Å². The lowest BCUT2D eigenvalue weighted by Crippen LogP contribution is -2.26. The van der Waals surface area contributed by atoms with E-state index in [4.69, 9.17) is 0 Å². The van der Waals surface area contributed by atoms with Crippen molar-refractivity contribution in [3.05, 3.63) is 89.5 Å². The fraction of sp³-hybridized carbons (Fsp3) is 0.130. The summed E-state index contributed by atoms with van der Waals surface area (Å²) in [5, 5.41) is 15.0. The normalized spacial score (nSPS) is 11.1. The Hall–Kier alpha value is -3.79. The largest absolute Gasteiger partial charge is 0.507 e. The molecule has 0 aliphatic rings. The summed E-state index contributed by atoms with van der Waals surface area (Å²) >= 11 is 0. The molecule has 0 fully saturated rings. The van der Waals surface area contributed by atoms with Gasteiger partial charge in [-0.2, -0.15) is 0 Å². The van der Waals surface area contributed by atoms with Gasteiger partial charge >= 0.3 is 0 Å². The van der Waals surface area contributed by atoms with Crippen LogP contribution in [-0.4, -0.2) is 37.6 Å². The van der Waals surface area contributed by atoms with Crippen LogP contribution in [0.3, 0.4) is 0 Å². The molecular formula is C23H20F2N2O5S. The highest BCUT2D eigenvalue weighted by Crippen LogP contribution is 2.23. The summed E-state index contributed by atoms with van der Waals surface area (Å²) in [6.45, 7) is 0.0635. The summed E-state index contributed by atoms with van der Waals surface area (Å²) in [6.07, 6.45) is 0.169. The zero-order chi connectivity index (χ0) is 24.0. The van der Waals surface area contributed by atoms with Crippen molar-refractivity contribution in [2.24, 2.45) is 0 Å². The molecule has 0 saturated carbocycles. The van der Waals surface area contributed by atoms with E-state index in [1.807, 2.05) is 0 Å². The Balaban J connectivity index is 1.56. The van der Waals surface area contributed by atoms with Crippen LogP contribution in [0.2, 0.25) is 0 Å². The van der Waals surface area contributed by atoms with Gasteiger partial charge in [-0.05, 0) is 42.8 Å². The van der Waals surface area contributed by atoms with Crippen LogP contribution < -0.4 is 10.6 Å². The number of sulfone groups is 1. The molecule has 33 heavy (non-hydrogen) atoms. The molecule has 0 aliphatic heterocycles. The second kappa shape index (κ2) is 10.2. The number of carbonyl (C=O) groups excluding carboxylic acids is 2. The first kappa shape index (κ1) is 23.9. The van der Waals surface area contributed by atoms with E-state index >= 15 is 0 Å². The number of benzene rings is 3. The number of halogens is 2. The Morgan fingerprint density at radius 2 is 1.55 bits per heavy atom. The molecule has 0 bridgehead atoms. The van der Waals surface area contributed by atoms with Gasteiger partial charge in [-0.1, -0.05) is 18.2 Å². The lowest BCUT2D eigenvalue weighted by Gasteiger charge is -2.10. The first-order chi connectivity index (χ1) is 15.7. The molecule has 2 amide bonds. The molecule has 0 unspecified atom stereocenters. The molecule has 3 aromatic carbocycles. The minimum atomic E-state index is -3.46. The van der Waals surface area contributed by atoms with Crippen LogP contribution >= 0.6 is 0 Å². The second-order valence-corrected chi connectivity index (χ2v) is 9.19. The highest BCUT2D eigenvalue weighted by molar-refractivity contribution is 7.91. The molecule has 10 heteroatoms. The number of rotatable bonds is 8. The SMILES string of the molecule is O=C(Nc1ccc(C(=O)NCCCS(=O)(=O)c2ccccc2)c(O)c1)c1cc(F)cc(F)c1. The van der Waals surface area contributed by atoms with Crippen molar-refractivity contribution >= 4 is 27.3 Å². The highest BCUT2D eigenvalue weighted by Gasteiger charge is 2.16. The molecule has 3 N–H and O–H groups in total. The minimum absolute atomic E-state index is 0.0635. The standard InChI is InChI=1S/C23H20F2N2O5S/c24-16-11-15(12-17(25)13-16)22(29)27-18-7-8-20(21(28)14-18)23(30)26-9-4-10-33(31,32)19-5-2-1-3-6-19/h1-3,5-8,11-14,28H,4,9-10H2,(H,26,30)(H,27,29). The van der Waals surface area contributed by atoms with E-state index in [0.717, 1.165) is 18.2 Å². The monoisotopic (exact) mass is 474 g/mol. The molecule has 3 aromatic rings. The number of carbonyl (C=O) groups is 2. The van der Waals surface area contributed by atoms with E-state index in [1.54, 1.807) is 18.2 Å². The average molecular weight is 474 g/mol. The maximum absolute atomic E-state index is 13.3. The summed E-state index contributed by atoms with van der Waals surface area (Å²) in [6, 6.07) is 14.0. The smallest absolute Gasteiger partial charge is 0.255 e. The number of amides is 2. The lowest BCUT2D eigenvalue weighted by molar-refractivity contribution is 0.0950. The van der Waals surface area contributed by atoms with E-state index < -0.39 is 39.0 Å². The molecule has 7 nitrogen and oxygen atoms in total. The molecule has 0 atom stereocenters. The van der Waals surface area contributed by atoms with Crippen LogP contribution in [0.4, 0.5) is 14.5 Å². The Kier molecular flexibility index (Phi) is 7.39. The molecule has 0 radical (unpaired) electrons. The Labute approximate surface area is 189 Å². The number of hydrogen-bond acceptors (Lipinski definition) is 5. The van der Waals surface area contributed by atoms with Crippen LogP contribution in [0.1, 0.15) is 27.1 Å². The summed E-state index contributed by atoms with van der Waals surface area (Å²) in [4.78, 5) is 24.7. The third-order valence-electron chi connectivity index (χ3n) is 4.60. The average Bonchev–Trinajstić information content (AvgIpc) is 2.76. The summed E-state index contributed by atoms with van der Waals surface area (Å²) < 4.78 is 51.0. The number of nitrogens with one attached hydrogen (secondary N) is 2. The fourth-order valence-electron chi connectivity index (χ4n) is 2.99. The van der Waals surface area contributed by atoms with Crippen LogP contribution in [0, 0.1) is 11.6 Å². The molecule has 0 spiro atoms. The molecule has 0 saturated heterocycles. The molecule has 172 valence electrons. The summed E-state index contributed by atoms with van der Waals surface area (Å²) in [5.41, 5.74) is -0.234. The minimum Gasteiger partial charge on any atom is -0.507 e. The van der Waals surface area contributed by atoms with Gasteiger partial charge in [-0.3, -0.25) is 9.59 Å². The zero-order valence-electron chi connectivity index (χ0n) is 17.2. The van der Waals surface area contributed by atoms with Gasteiger partial charge in [-0.25, -0.2) is 17.2 Å². The molecule has 0 heterocycles. The summed E-state index contributed by atoms with van der Waals surface area (Å²) in [7, 11) is -3.46. The second-order valence-electron chi connectivity index (χ2n) is 7.09. The van der Waals surface area contributed by atoms with Crippen molar-refractivity contribution in [1.29, 1.82) is 0 Å². The fourth-order valence-corrected chi connectivity index (χ4v) is 4.33. The van der Waals surface area contributed by atoms with Crippen molar-refractivity contribution in [1.82, 2.24) is 5.32 Å². The topological polar surface area (TPSA) is 113 Å². The maximum atomic E-state index is 13.3. The first-order valence-corrected chi connectivity index (χ1v) is 11.5. The predicted octanol–water partition coefficient (Wildman–Crippen LogP) is 3.52. The maximum Gasteiger partial charge on any atom is 0.255 e. The summed E-state index contributed by atoms with van der Waals surface area (Å²) in [5.74, 6) is -3.85. The van der Waals surface area contributed by atoms with Crippen LogP contribution in [0.5, 0.6) is 5.75 Å². The Bertz CT molecular complexity index is 1260. The van der Waals surface area contributed by atoms with Gasteiger partial charge in [0.2, 0.25) is 0 Å². The van der Waals surface area contributed by atoms with E-state index in [2.05, 4.69) is 10.6 Å². The van der Waals surface area contributed by atoms with Crippen LogP contribution in [0.25, 0.3) is 0 Å². The Morgan fingerprint density at radius 1 is 0.879 bits per heavy atom. The predicted molar refractivity (Wildman–Crippen MR) is 118 cm³/mol. The van der Waals surface area contributed by atoms with Crippen LogP contribution in [0.15, 0.2) is 71.6 Å².